The third-order valence-electron chi connectivity index (χ3n) is 2.72. The first-order chi connectivity index (χ1) is 8.95. The molecule has 0 aliphatic carbocycles. The Bertz CT molecular complexity index is 663. The molecule has 2 aromatic heterocycles. The molecule has 0 unspecified atom stereocenters. The molecule has 5 nitrogen and oxygen atoms in total. The predicted octanol–water partition coefficient (Wildman–Crippen LogP) is 2.75. The van der Waals surface area contributed by atoms with Gasteiger partial charge in [-0.25, -0.2) is 8.42 Å². The molecule has 1 N–H and O–H groups in total. The first kappa shape index (κ1) is 14.7. The Morgan fingerprint density at radius 2 is 2.21 bits per heavy atom. The maximum Gasteiger partial charge on any atom is 0.246 e. The minimum Gasteiger partial charge on any atom is -0.281 e. The van der Waals surface area contributed by atoms with Gasteiger partial charge in [-0.2, -0.15) is 9.40 Å². The monoisotopic (exact) mass is 363 g/mol. The van der Waals surface area contributed by atoms with Crippen LogP contribution in [0.15, 0.2) is 27.0 Å². The van der Waals surface area contributed by atoms with Crippen molar-refractivity contribution in [1.29, 1.82) is 0 Å². The zero-order valence-electron chi connectivity index (χ0n) is 10.6. The molecule has 0 aliphatic rings. The average Bonchev–Trinajstić information content (AvgIpc) is 2.95. The number of aromatic amines is 1. The van der Waals surface area contributed by atoms with Crippen molar-refractivity contribution in [2.45, 2.75) is 25.3 Å². The molecule has 2 aromatic rings. The van der Waals surface area contributed by atoms with E-state index >= 15 is 0 Å². The standard InChI is InChI=1S/C11H14BrN3O2S2/c1-3-15(7-9-4-5-11(12)18-9)19(16,17)10-6-13-14-8(10)2/h4-6H,3,7H2,1-2H3,(H,13,14). The number of H-pyrrole nitrogens is 1. The molecule has 0 atom stereocenters. The summed E-state index contributed by atoms with van der Waals surface area (Å²) in [5.41, 5.74) is 0.561. The average molecular weight is 364 g/mol. The number of aryl methyl sites for hydroxylation is 1. The second-order valence-electron chi connectivity index (χ2n) is 4.00. The molecule has 0 spiro atoms. The molecule has 0 aromatic carbocycles. The van der Waals surface area contributed by atoms with Gasteiger partial charge in [0.15, 0.2) is 0 Å². The maximum atomic E-state index is 12.5. The number of nitrogens with zero attached hydrogens (tertiary/aromatic N) is 2. The second kappa shape index (κ2) is 5.74. The molecule has 8 heteroatoms. The van der Waals surface area contributed by atoms with Crippen molar-refractivity contribution < 1.29 is 8.42 Å². The Balaban J connectivity index is 2.29. The van der Waals surface area contributed by atoms with Gasteiger partial charge in [0, 0.05) is 18.0 Å². The Hall–Kier alpha value is -0.700. The van der Waals surface area contributed by atoms with E-state index in [9.17, 15) is 8.42 Å². The number of aromatic nitrogens is 2. The van der Waals surface area contributed by atoms with Gasteiger partial charge < -0.3 is 0 Å². The Kier molecular flexibility index (Phi) is 4.44. The van der Waals surface area contributed by atoms with Crippen LogP contribution in [-0.2, 0) is 16.6 Å². The number of hydrogen-bond acceptors (Lipinski definition) is 4. The fraction of sp³-hybridized carbons (Fsp3) is 0.364. The summed E-state index contributed by atoms with van der Waals surface area (Å²) in [4.78, 5) is 1.24. The summed E-state index contributed by atoms with van der Waals surface area (Å²) in [5.74, 6) is 0. The lowest BCUT2D eigenvalue weighted by Gasteiger charge is -2.19. The smallest absolute Gasteiger partial charge is 0.246 e. The highest BCUT2D eigenvalue weighted by atomic mass is 79.9. The SMILES string of the molecule is CCN(Cc1ccc(Br)s1)S(=O)(=O)c1cn[nH]c1C. The predicted molar refractivity (Wildman–Crippen MR) is 78.6 cm³/mol. The fourth-order valence-electron chi connectivity index (χ4n) is 1.72. The number of thiophene rings is 1. The molecule has 0 bridgehead atoms. The quantitative estimate of drug-likeness (QED) is 0.887. The van der Waals surface area contributed by atoms with Gasteiger partial charge >= 0.3 is 0 Å². The molecule has 0 saturated carbocycles. The van der Waals surface area contributed by atoms with E-state index in [2.05, 4.69) is 26.1 Å². The van der Waals surface area contributed by atoms with E-state index in [1.165, 1.54) is 21.8 Å². The van der Waals surface area contributed by atoms with Crippen LogP contribution in [-0.4, -0.2) is 29.5 Å². The van der Waals surface area contributed by atoms with Crippen LogP contribution < -0.4 is 0 Å². The molecular weight excluding hydrogens is 350 g/mol. The molecule has 19 heavy (non-hydrogen) atoms. The van der Waals surface area contributed by atoms with Crippen LogP contribution in [0.1, 0.15) is 17.5 Å². The van der Waals surface area contributed by atoms with Crippen molar-refractivity contribution in [3.63, 3.8) is 0 Å². The molecule has 0 fully saturated rings. The molecule has 0 radical (unpaired) electrons. The highest BCUT2D eigenvalue weighted by molar-refractivity contribution is 9.11. The summed E-state index contributed by atoms with van der Waals surface area (Å²) >= 11 is 4.92. The van der Waals surface area contributed by atoms with E-state index in [0.29, 0.717) is 18.8 Å². The molecular formula is C11H14BrN3O2S2. The molecule has 2 heterocycles. The lowest BCUT2D eigenvalue weighted by Crippen LogP contribution is -2.30. The van der Waals surface area contributed by atoms with Crippen molar-refractivity contribution in [3.8, 4) is 0 Å². The summed E-state index contributed by atoms with van der Waals surface area (Å²) < 4.78 is 27.5. The Labute approximate surface area is 124 Å². The van der Waals surface area contributed by atoms with E-state index < -0.39 is 10.0 Å². The van der Waals surface area contributed by atoms with Crippen LogP contribution in [0.4, 0.5) is 0 Å². The minimum absolute atomic E-state index is 0.241. The third-order valence-corrected chi connectivity index (χ3v) is 6.36. The van der Waals surface area contributed by atoms with Crippen molar-refractivity contribution in [2.24, 2.45) is 0 Å². The van der Waals surface area contributed by atoms with Gasteiger partial charge in [0.1, 0.15) is 4.90 Å². The maximum absolute atomic E-state index is 12.5. The van der Waals surface area contributed by atoms with Crippen LogP contribution in [0.3, 0.4) is 0 Å². The topological polar surface area (TPSA) is 66.1 Å². The number of halogens is 1. The van der Waals surface area contributed by atoms with Crippen LogP contribution in [0.25, 0.3) is 0 Å². The first-order valence-electron chi connectivity index (χ1n) is 5.69. The van der Waals surface area contributed by atoms with Crippen LogP contribution in [0.5, 0.6) is 0 Å². The Morgan fingerprint density at radius 3 is 2.68 bits per heavy atom. The number of nitrogens with one attached hydrogen (secondary N) is 1. The molecule has 104 valence electrons. The van der Waals surface area contributed by atoms with E-state index in [-0.39, 0.29) is 4.90 Å². The van der Waals surface area contributed by atoms with E-state index in [4.69, 9.17) is 0 Å². The highest BCUT2D eigenvalue weighted by Gasteiger charge is 2.26. The van der Waals surface area contributed by atoms with E-state index in [0.717, 1.165) is 8.66 Å². The normalized spacial score (nSPS) is 12.2. The zero-order valence-corrected chi connectivity index (χ0v) is 13.8. The third kappa shape index (κ3) is 3.07. The van der Waals surface area contributed by atoms with Crippen molar-refractivity contribution in [2.75, 3.05) is 6.54 Å². The Morgan fingerprint density at radius 1 is 1.47 bits per heavy atom. The largest absolute Gasteiger partial charge is 0.281 e. The lowest BCUT2D eigenvalue weighted by atomic mass is 10.4. The molecule has 0 aliphatic heterocycles. The summed E-state index contributed by atoms with van der Waals surface area (Å²) in [6, 6.07) is 3.85. The van der Waals surface area contributed by atoms with Gasteiger partial charge in [-0.05, 0) is 35.0 Å². The summed E-state index contributed by atoms with van der Waals surface area (Å²) in [6.07, 6.45) is 1.36. The second-order valence-corrected chi connectivity index (χ2v) is 8.45. The van der Waals surface area contributed by atoms with Gasteiger partial charge in [-0.1, -0.05) is 6.92 Å². The van der Waals surface area contributed by atoms with Crippen LogP contribution in [0.2, 0.25) is 0 Å². The van der Waals surface area contributed by atoms with Gasteiger partial charge in [0.25, 0.3) is 0 Å². The highest BCUT2D eigenvalue weighted by Crippen LogP contribution is 2.26. The molecule has 2 rings (SSSR count). The fourth-order valence-corrected chi connectivity index (χ4v) is 4.84. The van der Waals surface area contributed by atoms with Crippen molar-refractivity contribution in [3.05, 3.63) is 32.7 Å². The van der Waals surface area contributed by atoms with Crippen molar-refractivity contribution in [1.82, 2.24) is 14.5 Å². The number of sulfonamides is 1. The van der Waals surface area contributed by atoms with E-state index in [1.807, 2.05) is 19.1 Å². The summed E-state index contributed by atoms with van der Waals surface area (Å²) in [6.45, 7) is 4.33. The van der Waals surface area contributed by atoms with Crippen molar-refractivity contribution >= 4 is 37.3 Å². The number of rotatable bonds is 5. The summed E-state index contributed by atoms with van der Waals surface area (Å²) in [5, 5.41) is 6.44. The van der Waals surface area contributed by atoms with E-state index in [1.54, 1.807) is 6.92 Å². The van der Waals surface area contributed by atoms with Gasteiger partial charge in [-0.3, -0.25) is 5.10 Å². The van der Waals surface area contributed by atoms with Gasteiger partial charge in [0.2, 0.25) is 10.0 Å². The number of hydrogen-bond donors (Lipinski definition) is 1. The lowest BCUT2D eigenvalue weighted by molar-refractivity contribution is 0.426. The van der Waals surface area contributed by atoms with Crippen LogP contribution in [0, 0.1) is 6.92 Å². The molecule has 0 amide bonds. The molecule has 0 saturated heterocycles. The zero-order chi connectivity index (χ0) is 14.0. The van der Waals surface area contributed by atoms with Gasteiger partial charge in [-0.15, -0.1) is 11.3 Å². The first-order valence-corrected chi connectivity index (χ1v) is 8.74. The minimum atomic E-state index is -3.50. The summed E-state index contributed by atoms with van der Waals surface area (Å²) in [7, 11) is -3.50. The van der Waals surface area contributed by atoms with Crippen LogP contribution >= 0.6 is 27.3 Å². The van der Waals surface area contributed by atoms with Gasteiger partial charge in [0.05, 0.1) is 15.7 Å².